The molecule has 2 aromatic rings. The van der Waals surface area contributed by atoms with Crippen molar-refractivity contribution in [3.8, 4) is 0 Å². The summed E-state index contributed by atoms with van der Waals surface area (Å²) in [6.45, 7) is 1.26. The number of benzene rings is 2. The van der Waals surface area contributed by atoms with Crippen molar-refractivity contribution >= 4 is 51.4 Å². The quantitative estimate of drug-likeness (QED) is 0.358. The highest BCUT2D eigenvalue weighted by atomic mass is 127. The number of nitrogens with zero attached hydrogens (tertiary/aromatic N) is 1. The van der Waals surface area contributed by atoms with Crippen molar-refractivity contribution in [1.29, 1.82) is 0 Å². The third kappa shape index (κ3) is 7.13. The van der Waals surface area contributed by atoms with E-state index in [1.807, 2.05) is 24.3 Å². The van der Waals surface area contributed by atoms with Crippen molar-refractivity contribution < 1.29 is 8.42 Å². The van der Waals surface area contributed by atoms with Crippen LogP contribution in [0.1, 0.15) is 11.1 Å². The molecule has 2 aromatic carbocycles. The van der Waals surface area contributed by atoms with E-state index < -0.39 is 9.84 Å². The summed E-state index contributed by atoms with van der Waals surface area (Å²) in [5, 5.41) is 7.20. The van der Waals surface area contributed by atoms with E-state index in [2.05, 4.69) is 15.6 Å². The molecule has 0 aliphatic heterocycles. The highest BCUT2D eigenvalue weighted by Crippen LogP contribution is 2.14. The Hall–Kier alpha value is -1.32. The third-order valence-electron chi connectivity index (χ3n) is 3.68. The smallest absolute Gasteiger partial charge is 0.191 e. The molecule has 0 fully saturated rings. The lowest BCUT2D eigenvalue weighted by Crippen LogP contribution is -2.37. The molecular formula is C18H23ClIN3O2S. The molecule has 26 heavy (non-hydrogen) atoms. The van der Waals surface area contributed by atoms with Crippen molar-refractivity contribution in [1.82, 2.24) is 10.6 Å². The highest BCUT2D eigenvalue weighted by Gasteiger charge is 2.06. The molecule has 2 N–H and O–H groups in total. The van der Waals surface area contributed by atoms with Crippen molar-refractivity contribution in [3.05, 3.63) is 64.7 Å². The second-order valence-electron chi connectivity index (χ2n) is 5.61. The van der Waals surface area contributed by atoms with Crippen molar-refractivity contribution in [2.24, 2.45) is 4.99 Å². The minimum absolute atomic E-state index is 0. The van der Waals surface area contributed by atoms with Gasteiger partial charge in [-0.2, -0.15) is 0 Å². The van der Waals surface area contributed by atoms with E-state index in [1.165, 1.54) is 6.26 Å². The maximum absolute atomic E-state index is 11.5. The zero-order valence-corrected chi connectivity index (χ0v) is 18.6. The Kier molecular flexibility index (Phi) is 9.38. The lowest BCUT2D eigenvalue weighted by Gasteiger charge is -2.12. The molecule has 5 nitrogen and oxygen atoms in total. The molecule has 0 spiro atoms. The monoisotopic (exact) mass is 507 g/mol. The Morgan fingerprint density at radius 2 is 1.73 bits per heavy atom. The Bertz CT molecular complexity index is 840. The van der Waals surface area contributed by atoms with Gasteiger partial charge in [0.15, 0.2) is 15.8 Å². The number of halogens is 2. The molecule has 142 valence electrons. The van der Waals surface area contributed by atoms with Gasteiger partial charge in [-0.25, -0.2) is 8.42 Å². The number of nitrogens with one attached hydrogen (secondary N) is 2. The number of rotatable bonds is 6. The average Bonchev–Trinajstić information content (AvgIpc) is 2.59. The second-order valence-corrected chi connectivity index (χ2v) is 8.03. The molecule has 0 amide bonds. The fraction of sp³-hybridized carbons (Fsp3) is 0.278. The first kappa shape index (κ1) is 22.7. The van der Waals surface area contributed by atoms with Crippen LogP contribution in [0.15, 0.2) is 58.4 Å². The number of sulfone groups is 1. The predicted molar refractivity (Wildman–Crippen MR) is 118 cm³/mol. The van der Waals surface area contributed by atoms with Crippen LogP contribution in [-0.4, -0.2) is 34.2 Å². The van der Waals surface area contributed by atoms with Gasteiger partial charge in [-0.1, -0.05) is 41.9 Å². The van der Waals surface area contributed by atoms with E-state index in [1.54, 1.807) is 31.3 Å². The molecule has 0 aromatic heterocycles. The van der Waals surface area contributed by atoms with Crippen LogP contribution >= 0.6 is 35.6 Å². The predicted octanol–water partition coefficient (Wildman–Crippen LogP) is 3.27. The van der Waals surface area contributed by atoms with Crippen LogP contribution in [0, 0.1) is 0 Å². The van der Waals surface area contributed by atoms with Gasteiger partial charge in [0, 0.05) is 31.4 Å². The van der Waals surface area contributed by atoms with Crippen LogP contribution < -0.4 is 10.6 Å². The summed E-state index contributed by atoms with van der Waals surface area (Å²) in [6.07, 6.45) is 1.99. The van der Waals surface area contributed by atoms with E-state index in [0.717, 1.165) is 22.6 Å². The molecule has 0 aliphatic carbocycles. The van der Waals surface area contributed by atoms with Crippen LogP contribution in [0.3, 0.4) is 0 Å². The molecule has 0 radical (unpaired) electrons. The fourth-order valence-electron chi connectivity index (χ4n) is 2.28. The van der Waals surface area contributed by atoms with Crippen LogP contribution in [-0.2, 0) is 22.8 Å². The van der Waals surface area contributed by atoms with E-state index in [-0.39, 0.29) is 24.0 Å². The Morgan fingerprint density at radius 1 is 1.08 bits per heavy atom. The molecule has 0 bridgehead atoms. The minimum Gasteiger partial charge on any atom is -0.356 e. The molecule has 0 atom stereocenters. The van der Waals surface area contributed by atoms with Gasteiger partial charge >= 0.3 is 0 Å². The highest BCUT2D eigenvalue weighted by molar-refractivity contribution is 14.0. The van der Waals surface area contributed by atoms with Crippen LogP contribution in [0.4, 0.5) is 0 Å². The standard InChI is InChI=1S/C18H22ClN3O2S.HI/c1-20-18(21-12-11-15-5-3-4-6-17(15)19)22-13-14-7-9-16(10-8-14)25(2,23)24;/h3-10H,11-13H2,1-2H3,(H2,20,21,22);1H. The lowest BCUT2D eigenvalue weighted by molar-refractivity contribution is 0.602. The van der Waals surface area contributed by atoms with Gasteiger partial charge in [-0.3, -0.25) is 4.99 Å². The van der Waals surface area contributed by atoms with Gasteiger partial charge in [0.25, 0.3) is 0 Å². The van der Waals surface area contributed by atoms with Gasteiger partial charge in [0.1, 0.15) is 0 Å². The molecule has 2 rings (SSSR count). The normalized spacial score (nSPS) is 11.6. The zero-order valence-electron chi connectivity index (χ0n) is 14.7. The number of aliphatic imine (C=N–C) groups is 1. The lowest BCUT2D eigenvalue weighted by atomic mass is 10.1. The van der Waals surface area contributed by atoms with Crippen LogP contribution in [0.25, 0.3) is 0 Å². The third-order valence-corrected chi connectivity index (χ3v) is 5.18. The van der Waals surface area contributed by atoms with Gasteiger partial charge < -0.3 is 10.6 Å². The zero-order chi connectivity index (χ0) is 18.3. The SMILES string of the molecule is CN=C(NCCc1ccccc1Cl)NCc1ccc(S(C)(=O)=O)cc1.I. The first-order valence-electron chi connectivity index (χ1n) is 7.87. The molecule has 8 heteroatoms. The molecule has 0 saturated heterocycles. The van der Waals surface area contributed by atoms with E-state index in [9.17, 15) is 8.42 Å². The average molecular weight is 508 g/mol. The van der Waals surface area contributed by atoms with Gasteiger partial charge in [0.05, 0.1) is 4.90 Å². The van der Waals surface area contributed by atoms with Gasteiger partial charge in [-0.15, -0.1) is 24.0 Å². The van der Waals surface area contributed by atoms with E-state index in [0.29, 0.717) is 23.9 Å². The molecular weight excluding hydrogens is 485 g/mol. The summed E-state index contributed by atoms with van der Waals surface area (Å²) < 4.78 is 22.9. The number of guanidine groups is 1. The van der Waals surface area contributed by atoms with Crippen molar-refractivity contribution in [2.45, 2.75) is 17.9 Å². The summed E-state index contributed by atoms with van der Waals surface area (Å²) in [5.74, 6) is 0.680. The Balaban J connectivity index is 0.00000338. The van der Waals surface area contributed by atoms with Crippen molar-refractivity contribution in [2.75, 3.05) is 19.8 Å². The van der Waals surface area contributed by atoms with E-state index >= 15 is 0 Å². The molecule has 0 saturated carbocycles. The Morgan fingerprint density at radius 3 is 2.31 bits per heavy atom. The summed E-state index contributed by atoms with van der Waals surface area (Å²) in [4.78, 5) is 4.50. The number of hydrogen-bond donors (Lipinski definition) is 2. The summed E-state index contributed by atoms with van der Waals surface area (Å²) >= 11 is 6.14. The van der Waals surface area contributed by atoms with Gasteiger partial charge in [-0.05, 0) is 35.7 Å². The fourth-order valence-corrected chi connectivity index (χ4v) is 3.14. The number of hydrogen-bond acceptors (Lipinski definition) is 3. The Labute approximate surface area is 177 Å². The summed E-state index contributed by atoms with van der Waals surface area (Å²) in [5.41, 5.74) is 2.06. The van der Waals surface area contributed by atoms with Crippen LogP contribution in [0.2, 0.25) is 5.02 Å². The van der Waals surface area contributed by atoms with Crippen molar-refractivity contribution in [3.63, 3.8) is 0 Å². The maximum atomic E-state index is 11.5. The largest absolute Gasteiger partial charge is 0.356 e. The summed E-state index contributed by atoms with van der Waals surface area (Å²) in [7, 11) is -1.46. The topological polar surface area (TPSA) is 70.6 Å². The molecule has 0 heterocycles. The van der Waals surface area contributed by atoms with Crippen LogP contribution in [0.5, 0.6) is 0 Å². The first-order valence-corrected chi connectivity index (χ1v) is 10.1. The maximum Gasteiger partial charge on any atom is 0.191 e. The molecule has 0 unspecified atom stereocenters. The first-order chi connectivity index (χ1) is 11.9. The second kappa shape index (κ2) is 10.7. The minimum atomic E-state index is -3.16. The van der Waals surface area contributed by atoms with Gasteiger partial charge in [0.2, 0.25) is 0 Å². The summed E-state index contributed by atoms with van der Waals surface area (Å²) in [6, 6.07) is 14.6. The molecule has 0 aliphatic rings. The van der Waals surface area contributed by atoms with E-state index in [4.69, 9.17) is 11.6 Å².